The molecule has 0 aliphatic heterocycles. The summed E-state index contributed by atoms with van der Waals surface area (Å²) in [5.74, 6) is -3.74. The number of hydrogen-bond acceptors (Lipinski definition) is 9. The largest absolute Gasteiger partial charge is 0.505 e. The Labute approximate surface area is 167 Å². The van der Waals surface area contributed by atoms with Crippen LogP contribution in [-0.2, 0) is 15.7 Å². The molecule has 158 valence electrons. The predicted molar refractivity (Wildman–Crippen MR) is 97.4 cm³/mol. The van der Waals surface area contributed by atoms with Crippen molar-refractivity contribution in [2.75, 3.05) is 0 Å². The number of hydrogen-bond donors (Lipinski definition) is 5. The highest BCUT2D eigenvalue weighted by atomic mass is 31.2. The van der Waals surface area contributed by atoms with Gasteiger partial charge < -0.3 is 25.1 Å². The molecule has 0 aliphatic carbocycles. The van der Waals surface area contributed by atoms with Crippen LogP contribution in [-0.4, -0.2) is 48.3 Å². The zero-order valence-electron chi connectivity index (χ0n) is 15.1. The molecule has 0 bridgehead atoms. The molecule has 0 fully saturated rings. The third kappa shape index (κ3) is 5.52. The number of aryl methyl sites for hydroxylation is 1. The van der Waals surface area contributed by atoms with E-state index in [2.05, 4.69) is 19.7 Å². The number of aldehydes is 1. The minimum atomic E-state index is -4.95. The number of pyridine rings is 1. The number of aromatic hydroxyl groups is 1. The fraction of sp³-hybridized carbons (Fsp3) is 0.125. The summed E-state index contributed by atoms with van der Waals surface area (Å²) >= 11 is 0. The van der Waals surface area contributed by atoms with E-state index in [9.17, 15) is 24.1 Å². The molecule has 0 radical (unpaired) electrons. The highest BCUT2D eigenvalue weighted by molar-refractivity contribution is 7.46. The molecular weight excluding hydrogens is 425 g/mol. The van der Waals surface area contributed by atoms with Crippen LogP contribution in [0.1, 0.15) is 42.3 Å². The first-order valence-electron chi connectivity index (χ1n) is 7.84. The molecule has 0 aliphatic rings. The number of carboxylic acids is 2. The second kappa shape index (κ2) is 8.88. The van der Waals surface area contributed by atoms with Crippen LogP contribution in [0.3, 0.4) is 0 Å². The molecule has 1 aromatic heterocycles. The fourth-order valence-corrected chi connectivity index (χ4v) is 2.56. The second-order valence-electron chi connectivity index (χ2n) is 5.72. The van der Waals surface area contributed by atoms with E-state index in [4.69, 9.17) is 20.0 Å². The lowest BCUT2D eigenvalue weighted by Crippen LogP contribution is -2.02. The maximum Gasteiger partial charge on any atom is 0.469 e. The average molecular weight is 439 g/mol. The molecule has 1 aromatic carbocycles. The maximum atomic E-state index is 11.4. The smallest absolute Gasteiger partial charge is 0.469 e. The lowest BCUT2D eigenvalue weighted by Gasteiger charge is -2.12. The maximum absolute atomic E-state index is 11.4. The summed E-state index contributed by atoms with van der Waals surface area (Å²) in [7, 11) is -4.95. The monoisotopic (exact) mass is 439 g/mol. The summed E-state index contributed by atoms with van der Waals surface area (Å²) in [6, 6.07) is 2.96. The van der Waals surface area contributed by atoms with Crippen molar-refractivity contribution in [1.82, 2.24) is 4.98 Å². The van der Waals surface area contributed by atoms with Crippen molar-refractivity contribution in [3.05, 3.63) is 46.1 Å². The minimum Gasteiger partial charge on any atom is -0.505 e. The van der Waals surface area contributed by atoms with Crippen LogP contribution in [0.15, 0.2) is 28.4 Å². The molecule has 0 saturated carbocycles. The van der Waals surface area contributed by atoms with Crippen LogP contribution in [0.4, 0.5) is 11.5 Å². The number of carbonyl (C=O) groups excluding carboxylic acids is 1. The summed E-state index contributed by atoms with van der Waals surface area (Å²) in [5, 5.41) is 35.6. The second-order valence-corrected chi connectivity index (χ2v) is 6.96. The number of phosphoric acid groups is 1. The van der Waals surface area contributed by atoms with Crippen LogP contribution >= 0.6 is 7.82 Å². The number of rotatable bonds is 8. The van der Waals surface area contributed by atoms with Crippen LogP contribution in [0.25, 0.3) is 0 Å². The highest BCUT2D eigenvalue weighted by Gasteiger charge is 2.22. The van der Waals surface area contributed by atoms with E-state index in [1.165, 1.54) is 6.92 Å². The first-order valence-corrected chi connectivity index (χ1v) is 9.37. The van der Waals surface area contributed by atoms with Crippen LogP contribution < -0.4 is 0 Å². The van der Waals surface area contributed by atoms with E-state index < -0.39 is 37.7 Å². The molecular formula is C16H14N3O10P. The van der Waals surface area contributed by atoms with Gasteiger partial charge in [0.15, 0.2) is 12.1 Å². The Morgan fingerprint density at radius 2 is 1.70 bits per heavy atom. The van der Waals surface area contributed by atoms with Gasteiger partial charge in [-0.3, -0.25) is 9.32 Å². The Hall–Kier alpha value is -3.51. The summed E-state index contributed by atoms with van der Waals surface area (Å²) in [6.07, 6.45) is 0.203. The van der Waals surface area contributed by atoms with Crippen molar-refractivity contribution in [2.45, 2.75) is 13.5 Å². The van der Waals surface area contributed by atoms with Crippen molar-refractivity contribution in [3.8, 4) is 5.75 Å². The van der Waals surface area contributed by atoms with E-state index in [-0.39, 0.29) is 40.2 Å². The van der Waals surface area contributed by atoms with Crippen molar-refractivity contribution in [3.63, 3.8) is 0 Å². The molecule has 1 heterocycles. The molecule has 0 spiro atoms. The highest BCUT2D eigenvalue weighted by Crippen LogP contribution is 2.40. The van der Waals surface area contributed by atoms with E-state index in [1.807, 2.05) is 0 Å². The van der Waals surface area contributed by atoms with Crippen molar-refractivity contribution >= 4 is 37.6 Å². The van der Waals surface area contributed by atoms with Gasteiger partial charge in [0.2, 0.25) is 0 Å². The molecule has 0 amide bonds. The third-order valence-electron chi connectivity index (χ3n) is 3.63. The average Bonchev–Trinajstić information content (AvgIpc) is 2.66. The quantitative estimate of drug-likeness (QED) is 0.228. The molecule has 2 rings (SSSR count). The molecule has 13 nitrogen and oxygen atoms in total. The van der Waals surface area contributed by atoms with E-state index in [0.717, 1.165) is 18.2 Å². The number of phosphoric ester groups is 1. The van der Waals surface area contributed by atoms with Gasteiger partial charge in [-0.05, 0) is 25.1 Å². The Balaban J connectivity index is 2.59. The molecule has 0 unspecified atom stereocenters. The van der Waals surface area contributed by atoms with Gasteiger partial charge in [0.1, 0.15) is 5.75 Å². The number of carbonyl (C=O) groups is 3. The van der Waals surface area contributed by atoms with Gasteiger partial charge >= 0.3 is 19.8 Å². The summed E-state index contributed by atoms with van der Waals surface area (Å²) < 4.78 is 15.3. The Morgan fingerprint density at radius 3 is 2.17 bits per heavy atom. The van der Waals surface area contributed by atoms with E-state index in [1.54, 1.807) is 0 Å². The van der Waals surface area contributed by atoms with Crippen LogP contribution in [0.2, 0.25) is 0 Å². The Bertz CT molecular complexity index is 1080. The van der Waals surface area contributed by atoms with Crippen molar-refractivity contribution in [2.24, 2.45) is 10.2 Å². The van der Waals surface area contributed by atoms with Gasteiger partial charge in [0.25, 0.3) is 0 Å². The van der Waals surface area contributed by atoms with Crippen LogP contribution in [0.5, 0.6) is 5.75 Å². The van der Waals surface area contributed by atoms with E-state index >= 15 is 0 Å². The number of aromatic carboxylic acids is 2. The lowest BCUT2D eigenvalue weighted by atomic mass is 10.1. The minimum absolute atomic E-state index is 0.0588. The van der Waals surface area contributed by atoms with E-state index in [0.29, 0.717) is 0 Å². The van der Waals surface area contributed by atoms with Gasteiger partial charge in [0.05, 0.1) is 34.7 Å². The first kappa shape index (κ1) is 22.8. The normalized spacial score (nSPS) is 11.6. The number of azo groups is 1. The predicted octanol–water partition coefficient (Wildman–Crippen LogP) is 2.33. The number of benzene rings is 1. The SMILES string of the molecule is Cc1nc(N=Nc2cc(C(=O)O)cc(C(=O)O)c2)c(COP(=O)(O)O)c(C=O)c1O. The number of aromatic nitrogens is 1. The van der Waals surface area contributed by atoms with Crippen molar-refractivity contribution < 1.29 is 48.6 Å². The van der Waals surface area contributed by atoms with Gasteiger partial charge in [-0.2, -0.15) is 0 Å². The number of nitrogens with zero attached hydrogens (tertiary/aromatic N) is 3. The van der Waals surface area contributed by atoms with Gasteiger partial charge in [-0.1, -0.05) is 0 Å². The van der Waals surface area contributed by atoms with Gasteiger partial charge in [-0.25, -0.2) is 19.1 Å². The zero-order chi connectivity index (χ0) is 22.6. The summed E-state index contributed by atoms with van der Waals surface area (Å²) in [6.45, 7) is 0.464. The molecule has 5 N–H and O–H groups in total. The Morgan fingerprint density at radius 1 is 1.13 bits per heavy atom. The Kier molecular flexibility index (Phi) is 6.74. The van der Waals surface area contributed by atoms with Crippen molar-refractivity contribution in [1.29, 1.82) is 0 Å². The zero-order valence-corrected chi connectivity index (χ0v) is 16.0. The molecule has 14 heteroatoms. The topological polar surface area (TPSA) is 216 Å². The molecule has 2 aromatic rings. The molecule has 0 saturated heterocycles. The molecule has 30 heavy (non-hydrogen) atoms. The number of carboxylic acid groups (broad SMARTS) is 2. The summed E-state index contributed by atoms with van der Waals surface area (Å²) in [4.78, 5) is 55.3. The first-order chi connectivity index (χ1) is 13.9. The van der Waals surface area contributed by atoms with Gasteiger partial charge in [0, 0.05) is 5.56 Å². The molecule has 0 atom stereocenters. The summed E-state index contributed by atoms with van der Waals surface area (Å²) in [5.41, 5.74) is -1.69. The van der Waals surface area contributed by atoms with Gasteiger partial charge in [-0.15, -0.1) is 10.2 Å². The lowest BCUT2D eigenvalue weighted by molar-refractivity contribution is 0.0696. The standard InChI is InChI=1S/C16H14N3O10P/c1-7-13(21)11(5-20)12(6-29-30(26,27)28)14(17-7)19-18-10-3-8(15(22)23)2-9(4-10)16(24)25/h2-5,21H,6H2,1H3,(H,22,23)(H,24,25)(H2,26,27,28). The third-order valence-corrected chi connectivity index (χ3v) is 4.10. The fourth-order valence-electron chi connectivity index (χ4n) is 2.26. The van der Waals surface area contributed by atoms with Crippen LogP contribution in [0, 0.1) is 6.92 Å².